The third-order valence-electron chi connectivity index (χ3n) is 3.89. The van der Waals surface area contributed by atoms with Crippen molar-refractivity contribution in [2.75, 3.05) is 13.2 Å². The average Bonchev–Trinajstić information content (AvgIpc) is 2.66. The average molecular weight is 386 g/mol. The van der Waals surface area contributed by atoms with Crippen molar-refractivity contribution in [2.45, 2.75) is 26.7 Å². The van der Waals surface area contributed by atoms with Gasteiger partial charge in [-0.1, -0.05) is 62.4 Å². The SMILES string of the molecule is CC(C)CCNC(=S)NNC(=O)COc1ccccc1Cc1ccccc1. The lowest BCUT2D eigenvalue weighted by atomic mass is 10.0. The van der Waals surface area contributed by atoms with E-state index in [2.05, 4.69) is 42.1 Å². The number of hydrogen-bond donors (Lipinski definition) is 3. The molecule has 0 unspecified atom stereocenters. The summed E-state index contributed by atoms with van der Waals surface area (Å²) in [7, 11) is 0. The standard InChI is InChI=1S/C21H27N3O2S/c1-16(2)12-13-22-21(27)24-23-20(25)15-26-19-11-7-6-10-18(19)14-17-8-4-3-5-9-17/h3-11,16H,12-15H2,1-2H3,(H,23,25)(H2,22,24,27). The Balaban J connectivity index is 1.77. The van der Waals surface area contributed by atoms with Crippen LogP contribution in [0.1, 0.15) is 31.4 Å². The van der Waals surface area contributed by atoms with Crippen LogP contribution in [0.25, 0.3) is 0 Å². The van der Waals surface area contributed by atoms with E-state index in [0.29, 0.717) is 16.8 Å². The molecule has 6 heteroatoms. The first-order valence-corrected chi connectivity index (χ1v) is 9.52. The van der Waals surface area contributed by atoms with Crippen LogP contribution in [0.5, 0.6) is 5.75 Å². The molecule has 0 saturated heterocycles. The minimum Gasteiger partial charge on any atom is -0.483 e. The topological polar surface area (TPSA) is 62.4 Å². The van der Waals surface area contributed by atoms with E-state index in [1.165, 1.54) is 5.56 Å². The van der Waals surface area contributed by atoms with Gasteiger partial charge in [0.25, 0.3) is 5.91 Å². The Kier molecular flexibility index (Phi) is 8.58. The third-order valence-corrected chi connectivity index (χ3v) is 4.14. The Morgan fingerprint density at radius 1 is 1.04 bits per heavy atom. The monoisotopic (exact) mass is 385 g/mol. The van der Waals surface area contributed by atoms with Crippen LogP contribution >= 0.6 is 12.2 Å². The smallest absolute Gasteiger partial charge is 0.276 e. The van der Waals surface area contributed by atoms with E-state index in [0.717, 1.165) is 24.9 Å². The Bertz CT molecular complexity index is 735. The molecule has 5 nitrogen and oxygen atoms in total. The first kappa shape index (κ1) is 20.7. The largest absolute Gasteiger partial charge is 0.483 e. The van der Waals surface area contributed by atoms with Gasteiger partial charge in [0.15, 0.2) is 11.7 Å². The van der Waals surface area contributed by atoms with E-state index in [1.807, 2.05) is 42.5 Å². The highest BCUT2D eigenvalue weighted by molar-refractivity contribution is 7.80. The molecule has 0 fully saturated rings. The number of hydrogen-bond acceptors (Lipinski definition) is 3. The first-order chi connectivity index (χ1) is 13.0. The summed E-state index contributed by atoms with van der Waals surface area (Å²) in [6.07, 6.45) is 1.76. The number of carbonyl (C=O) groups excluding carboxylic acids is 1. The maximum absolute atomic E-state index is 12.0. The molecular formula is C21H27N3O2S. The van der Waals surface area contributed by atoms with Crippen molar-refractivity contribution in [3.8, 4) is 5.75 Å². The van der Waals surface area contributed by atoms with Gasteiger partial charge in [-0.2, -0.15) is 0 Å². The predicted octanol–water partition coefficient (Wildman–Crippen LogP) is 3.20. The van der Waals surface area contributed by atoms with Crippen LogP contribution in [0.4, 0.5) is 0 Å². The van der Waals surface area contributed by atoms with Gasteiger partial charge in [0.1, 0.15) is 5.75 Å². The van der Waals surface area contributed by atoms with E-state index >= 15 is 0 Å². The second-order valence-corrected chi connectivity index (χ2v) is 7.08. The summed E-state index contributed by atoms with van der Waals surface area (Å²) in [5.41, 5.74) is 7.46. The summed E-state index contributed by atoms with van der Waals surface area (Å²) in [5.74, 6) is 1.01. The lowest BCUT2D eigenvalue weighted by Gasteiger charge is -2.14. The van der Waals surface area contributed by atoms with Gasteiger partial charge in [0.05, 0.1) is 0 Å². The summed E-state index contributed by atoms with van der Waals surface area (Å²) < 4.78 is 5.70. The number of nitrogens with one attached hydrogen (secondary N) is 3. The van der Waals surface area contributed by atoms with Gasteiger partial charge in [-0.05, 0) is 41.7 Å². The molecule has 0 aromatic heterocycles. The maximum Gasteiger partial charge on any atom is 0.276 e. The van der Waals surface area contributed by atoms with Crippen molar-refractivity contribution in [3.05, 3.63) is 65.7 Å². The molecular weight excluding hydrogens is 358 g/mol. The van der Waals surface area contributed by atoms with Crippen LogP contribution in [-0.2, 0) is 11.2 Å². The molecule has 0 bridgehead atoms. The van der Waals surface area contributed by atoms with E-state index < -0.39 is 0 Å². The lowest BCUT2D eigenvalue weighted by molar-refractivity contribution is -0.123. The number of amides is 1. The van der Waals surface area contributed by atoms with Crippen LogP contribution < -0.4 is 20.9 Å². The van der Waals surface area contributed by atoms with Crippen LogP contribution in [0, 0.1) is 5.92 Å². The predicted molar refractivity (Wildman–Crippen MR) is 113 cm³/mol. The molecule has 2 rings (SSSR count). The van der Waals surface area contributed by atoms with Gasteiger partial charge in [-0.25, -0.2) is 0 Å². The van der Waals surface area contributed by atoms with Gasteiger partial charge in [0.2, 0.25) is 0 Å². The molecule has 144 valence electrons. The van der Waals surface area contributed by atoms with E-state index in [1.54, 1.807) is 0 Å². The molecule has 0 aliphatic carbocycles. The highest BCUT2D eigenvalue weighted by Crippen LogP contribution is 2.21. The minimum absolute atomic E-state index is 0.0899. The fourth-order valence-electron chi connectivity index (χ4n) is 2.43. The molecule has 0 spiro atoms. The van der Waals surface area contributed by atoms with Crippen molar-refractivity contribution >= 4 is 23.2 Å². The normalized spacial score (nSPS) is 10.3. The number of hydrazine groups is 1. The Labute approximate surface area is 166 Å². The fourth-order valence-corrected chi connectivity index (χ4v) is 2.58. The summed E-state index contributed by atoms with van der Waals surface area (Å²) in [5, 5.41) is 3.44. The van der Waals surface area contributed by atoms with Crippen molar-refractivity contribution < 1.29 is 9.53 Å². The number of thiocarbonyl (C=S) groups is 1. The molecule has 0 aliphatic heterocycles. The molecule has 1 amide bonds. The quantitative estimate of drug-likeness (QED) is 0.481. The molecule has 2 aromatic rings. The molecule has 0 aliphatic rings. The van der Waals surface area contributed by atoms with Crippen LogP contribution in [-0.4, -0.2) is 24.2 Å². The van der Waals surface area contributed by atoms with Crippen LogP contribution in [0.15, 0.2) is 54.6 Å². The molecule has 3 N–H and O–H groups in total. The zero-order valence-corrected chi connectivity index (χ0v) is 16.6. The lowest BCUT2D eigenvalue weighted by Crippen LogP contribution is -2.48. The molecule has 27 heavy (non-hydrogen) atoms. The van der Waals surface area contributed by atoms with Crippen molar-refractivity contribution in [1.29, 1.82) is 0 Å². The molecule has 0 radical (unpaired) electrons. The summed E-state index contributed by atoms with van der Waals surface area (Å²) in [4.78, 5) is 12.0. The highest BCUT2D eigenvalue weighted by atomic mass is 32.1. The minimum atomic E-state index is -0.294. The molecule has 0 saturated carbocycles. The Morgan fingerprint density at radius 2 is 1.74 bits per heavy atom. The number of benzene rings is 2. The van der Waals surface area contributed by atoms with Gasteiger partial charge < -0.3 is 10.1 Å². The molecule has 0 heterocycles. The second kappa shape index (κ2) is 11.2. The zero-order chi connectivity index (χ0) is 19.5. The summed E-state index contributed by atoms with van der Waals surface area (Å²) in [6.45, 7) is 4.97. The van der Waals surface area contributed by atoms with Gasteiger partial charge in [-0.3, -0.25) is 15.6 Å². The first-order valence-electron chi connectivity index (χ1n) is 9.12. The maximum atomic E-state index is 12.0. The van der Waals surface area contributed by atoms with E-state index in [4.69, 9.17) is 17.0 Å². The van der Waals surface area contributed by atoms with Gasteiger partial charge in [0, 0.05) is 13.0 Å². The van der Waals surface area contributed by atoms with E-state index in [-0.39, 0.29) is 12.5 Å². The highest BCUT2D eigenvalue weighted by Gasteiger charge is 2.08. The van der Waals surface area contributed by atoms with Crippen molar-refractivity contribution in [3.63, 3.8) is 0 Å². The van der Waals surface area contributed by atoms with Crippen molar-refractivity contribution in [2.24, 2.45) is 5.92 Å². The van der Waals surface area contributed by atoms with Crippen LogP contribution in [0.2, 0.25) is 0 Å². The molecule has 0 atom stereocenters. The number of para-hydroxylation sites is 1. The van der Waals surface area contributed by atoms with E-state index in [9.17, 15) is 4.79 Å². The second-order valence-electron chi connectivity index (χ2n) is 6.67. The summed E-state index contributed by atoms with van der Waals surface area (Å²) in [6, 6.07) is 17.9. The van der Waals surface area contributed by atoms with Crippen molar-refractivity contribution in [1.82, 2.24) is 16.2 Å². The summed E-state index contributed by atoms with van der Waals surface area (Å²) >= 11 is 5.12. The Morgan fingerprint density at radius 3 is 2.48 bits per heavy atom. The number of ether oxygens (including phenoxy) is 1. The number of carbonyl (C=O) groups is 1. The zero-order valence-electron chi connectivity index (χ0n) is 15.8. The van der Waals surface area contributed by atoms with Gasteiger partial charge >= 0.3 is 0 Å². The third kappa shape index (κ3) is 8.09. The molecule has 2 aromatic carbocycles. The van der Waals surface area contributed by atoms with Crippen LogP contribution in [0.3, 0.4) is 0 Å². The Hall–Kier alpha value is -2.60. The number of rotatable bonds is 8. The van der Waals surface area contributed by atoms with Gasteiger partial charge in [-0.15, -0.1) is 0 Å². The fraction of sp³-hybridized carbons (Fsp3) is 0.333.